The third-order valence-corrected chi connectivity index (χ3v) is 3.86. The molecule has 0 aromatic heterocycles. The molecule has 0 atom stereocenters. The van der Waals surface area contributed by atoms with Crippen molar-refractivity contribution in [1.82, 2.24) is 10.2 Å². The number of rotatable bonds is 4. The van der Waals surface area contributed by atoms with Crippen molar-refractivity contribution in [2.75, 3.05) is 26.7 Å². The first-order valence-corrected chi connectivity index (χ1v) is 7.25. The molecule has 0 unspecified atom stereocenters. The van der Waals surface area contributed by atoms with Crippen molar-refractivity contribution in [1.29, 1.82) is 5.26 Å². The normalized spacial score (nSPS) is 16.2. The van der Waals surface area contributed by atoms with Crippen LogP contribution in [0.4, 0.5) is 0 Å². The van der Waals surface area contributed by atoms with Gasteiger partial charge in [-0.1, -0.05) is 11.6 Å². The van der Waals surface area contributed by atoms with E-state index >= 15 is 0 Å². The first kappa shape index (κ1) is 15.6. The van der Waals surface area contributed by atoms with Gasteiger partial charge in [-0.05, 0) is 31.0 Å². The van der Waals surface area contributed by atoms with Gasteiger partial charge in [0.25, 0.3) is 5.91 Å². The Balaban J connectivity index is 1.97. The number of hydrogen-bond donors (Lipinski definition) is 1. The van der Waals surface area contributed by atoms with Crippen LogP contribution in [0.3, 0.4) is 0 Å². The molecule has 1 saturated heterocycles. The summed E-state index contributed by atoms with van der Waals surface area (Å²) in [4.78, 5) is 14.4. The summed E-state index contributed by atoms with van der Waals surface area (Å²) in [5.74, 6) is 0.340. The Labute approximate surface area is 129 Å². The third-order valence-electron chi connectivity index (χ3n) is 3.62. The van der Waals surface area contributed by atoms with Gasteiger partial charge in [-0.25, -0.2) is 0 Å². The molecule has 1 N–H and O–H groups in total. The summed E-state index contributed by atoms with van der Waals surface area (Å²) in [7, 11) is 1.53. The maximum Gasteiger partial charge on any atom is 0.255 e. The highest BCUT2D eigenvalue weighted by Gasteiger charge is 2.22. The standard InChI is InChI=1S/C15H18ClN3O2/c1-21-14-3-2-11(16)10-13(14)15(20)18-12-4-7-19(8-5-12)9-6-17/h2-3,10,12H,4-5,7-9H2,1H3,(H,18,20). The van der Waals surface area contributed by atoms with E-state index in [-0.39, 0.29) is 11.9 Å². The molecule has 1 fully saturated rings. The molecular formula is C15H18ClN3O2. The second-order valence-corrected chi connectivity index (χ2v) is 5.46. The topological polar surface area (TPSA) is 65.4 Å². The number of hydrogen-bond acceptors (Lipinski definition) is 4. The van der Waals surface area contributed by atoms with Crippen LogP contribution in [0.25, 0.3) is 0 Å². The maximum atomic E-state index is 12.3. The lowest BCUT2D eigenvalue weighted by molar-refractivity contribution is 0.0911. The van der Waals surface area contributed by atoms with E-state index in [0.29, 0.717) is 22.9 Å². The van der Waals surface area contributed by atoms with E-state index in [1.54, 1.807) is 18.2 Å². The minimum Gasteiger partial charge on any atom is -0.496 e. The number of carbonyl (C=O) groups is 1. The summed E-state index contributed by atoms with van der Waals surface area (Å²) in [6.07, 6.45) is 1.69. The Morgan fingerprint density at radius 2 is 2.24 bits per heavy atom. The van der Waals surface area contributed by atoms with Crippen molar-refractivity contribution in [3.63, 3.8) is 0 Å². The van der Waals surface area contributed by atoms with E-state index in [4.69, 9.17) is 21.6 Å². The van der Waals surface area contributed by atoms with Crippen LogP contribution in [-0.4, -0.2) is 43.6 Å². The van der Waals surface area contributed by atoms with Gasteiger partial charge in [0, 0.05) is 24.2 Å². The Hall–Kier alpha value is -1.77. The zero-order chi connectivity index (χ0) is 15.2. The maximum absolute atomic E-state index is 12.3. The lowest BCUT2D eigenvalue weighted by atomic mass is 10.0. The molecule has 21 heavy (non-hydrogen) atoms. The SMILES string of the molecule is COc1ccc(Cl)cc1C(=O)NC1CCN(CC#N)CC1. The van der Waals surface area contributed by atoms with Crippen LogP contribution in [-0.2, 0) is 0 Å². The van der Waals surface area contributed by atoms with Crippen LogP contribution in [0.1, 0.15) is 23.2 Å². The van der Waals surface area contributed by atoms with E-state index in [1.165, 1.54) is 7.11 Å². The molecule has 1 aromatic rings. The number of nitrogens with one attached hydrogen (secondary N) is 1. The number of nitrogens with zero attached hydrogens (tertiary/aromatic N) is 2. The fraction of sp³-hybridized carbons (Fsp3) is 0.467. The van der Waals surface area contributed by atoms with Crippen LogP contribution < -0.4 is 10.1 Å². The second kappa shape index (κ2) is 7.30. The molecule has 1 aromatic carbocycles. The van der Waals surface area contributed by atoms with Crippen LogP contribution in [0, 0.1) is 11.3 Å². The van der Waals surface area contributed by atoms with Crippen molar-refractivity contribution in [3.05, 3.63) is 28.8 Å². The minimum atomic E-state index is -0.173. The number of amides is 1. The second-order valence-electron chi connectivity index (χ2n) is 5.03. The van der Waals surface area contributed by atoms with Crippen molar-refractivity contribution >= 4 is 17.5 Å². The molecule has 0 saturated carbocycles. The molecule has 0 spiro atoms. The number of likely N-dealkylation sites (tertiary alicyclic amines) is 1. The van der Waals surface area contributed by atoms with E-state index in [1.807, 2.05) is 0 Å². The monoisotopic (exact) mass is 307 g/mol. The smallest absolute Gasteiger partial charge is 0.255 e. The third kappa shape index (κ3) is 4.10. The number of halogens is 1. The Bertz CT molecular complexity index is 548. The minimum absolute atomic E-state index is 0.121. The highest BCUT2D eigenvalue weighted by Crippen LogP contribution is 2.23. The molecule has 2 rings (SSSR count). The van der Waals surface area contributed by atoms with Gasteiger partial charge in [0.05, 0.1) is 25.3 Å². The van der Waals surface area contributed by atoms with Crippen LogP contribution >= 0.6 is 11.6 Å². The average Bonchev–Trinajstić information content (AvgIpc) is 2.49. The fourth-order valence-electron chi connectivity index (χ4n) is 2.46. The van der Waals surface area contributed by atoms with Gasteiger partial charge in [0.15, 0.2) is 0 Å². The summed E-state index contributed by atoms with van der Waals surface area (Å²) in [6.45, 7) is 2.10. The Morgan fingerprint density at radius 3 is 2.86 bits per heavy atom. The summed E-state index contributed by atoms with van der Waals surface area (Å²) >= 11 is 5.94. The van der Waals surface area contributed by atoms with Gasteiger partial charge in [-0.15, -0.1) is 0 Å². The van der Waals surface area contributed by atoms with Crippen molar-refractivity contribution in [2.45, 2.75) is 18.9 Å². The molecule has 1 aliphatic heterocycles. The van der Waals surface area contributed by atoms with E-state index in [2.05, 4.69) is 16.3 Å². The largest absolute Gasteiger partial charge is 0.496 e. The molecule has 1 heterocycles. The van der Waals surface area contributed by atoms with Gasteiger partial charge in [0.1, 0.15) is 5.75 Å². The van der Waals surface area contributed by atoms with Gasteiger partial charge in [0.2, 0.25) is 0 Å². The van der Waals surface area contributed by atoms with E-state index in [9.17, 15) is 4.79 Å². The summed E-state index contributed by atoms with van der Waals surface area (Å²) in [5, 5.41) is 12.2. The van der Waals surface area contributed by atoms with Crippen molar-refractivity contribution in [2.24, 2.45) is 0 Å². The predicted octanol–water partition coefficient (Wildman–Crippen LogP) is 2.07. The highest BCUT2D eigenvalue weighted by molar-refractivity contribution is 6.31. The zero-order valence-electron chi connectivity index (χ0n) is 11.9. The molecule has 0 aliphatic carbocycles. The lowest BCUT2D eigenvalue weighted by Gasteiger charge is -2.30. The van der Waals surface area contributed by atoms with Gasteiger partial charge >= 0.3 is 0 Å². The number of piperidine rings is 1. The lowest BCUT2D eigenvalue weighted by Crippen LogP contribution is -2.44. The molecule has 1 amide bonds. The van der Waals surface area contributed by atoms with E-state index in [0.717, 1.165) is 25.9 Å². The molecule has 112 valence electrons. The number of carbonyl (C=O) groups excluding carboxylic acids is 1. The summed E-state index contributed by atoms with van der Waals surface area (Å²) < 4.78 is 5.20. The van der Waals surface area contributed by atoms with Crippen LogP contribution in [0.15, 0.2) is 18.2 Å². The van der Waals surface area contributed by atoms with Gasteiger partial charge in [-0.2, -0.15) is 5.26 Å². The highest BCUT2D eigenvalue weighted by atomic mass is 35.5. The first-order valence-electron chi connectivity index (χ1n) is 6.87. The zero-order valence-corrected chi connectivity index (χ0v) is 12.7. The predicted molar refractivity (Wildman–Crippen MR) is 80.5 cm³/mol. The van der Waals surface area contributed by atoms with Gasteiger partial charge in [-0.3, -0.25) is 9.69 Å². The molecule has 5 nitrogen and oxygen atoms in total. The van der Waals surface area contributed by atoms with Crippen molar-refractivity contribution in [3.8, 4) is 11.8 Å². The average molecular weight is 308 g/mol. The molecule has 0 bridgehead atoms. The number of nitriles is 1. The van der Waals surface area contributed by atoms with Crippen LogP contribution in [0.2, 0.25) is 5.02 Å². The Kier molecular flexibility index (Phi) is 5.43. The number of ether oxygens (including phenoxy) is 1. The quantitative estimate of drug-likeness (QED) is 0.865. The molecule has 6 heteroatoms. The number of benzene rings is 1. The van der Waals surface area contributed by atoms with Gasteiger partial charge < -0.3 is 10.1 Å². The van der Waals surface area contributed by atoms with Crippen LogP contribution in [0.5, 0.6) is 5.75 Å². The molecule has 1 aliphatic rings. The summed E-state index contributed by atoms with van der Waals surface area (Å²) in [6, 6.07) is 7.26. The molecular weight excluding hydrogens is 290 g/mol. The molecule has 0 radical (unpaired) electrons. The summed E-state index contributed by atoms with van der Waals surface area (Å²) in [5.41, 5.74) is 0.449. The van der Waals surface area contributed by atoms with Crippen molar-refractivity contribution < 1.29 is 9.53 Å². The fourth-order valence-corrected chi connectivity index (χ4v) is 2.63. The first-order chi connectivity index (χ1) is 10.1. The Morgan fingerprint density at radius 1 is 1.52 bits per heavy atom. The van der Waals surface area contributed by atoms with E-state index < -0.39 is 0 Å². The number of methoxy groups -OCH3 is 1.